The lowest BCUT2D eigenvalue weighted by Gasteiger charge is -2.34. The van der Waals surface area contributed by atoms with Crippen LogP contribution in [0.4, 0.5) is 24.8 Å². The predicted octanol–water partition coefficient (Wildman–Crippen LogP) is 5.70. The van der Waals surface area contributed by atoms with Gasteiger partial charge in [-0.3, -0.25) is 4.79 Å². The van der Waals surface area contributed by atoms with Gasteiger partial charge in [0.1, 0.15) is 11.6 Å². The van der Waals surface area contributed by atoms with Crippen molar-refractivity contribution in [1.29, 1.82) is 0 Å². The molecule has 2 N–H and O–H groups in total. The van der Waals surface area contributed by atoms with E-state index < -0.39 is 11.7 Å². The molecule has 3 rings (SSSR count). The maximum atomic E-state index is 14.0. The summed E-state index contributed by atoms with van der Waals surface area (Å²) in [5, 5.41) is 6.19. The van der Waals surface area contributed by atoms with Crippen LogP contribution in [-0.4, -0.2) is 41.6 Å². The molecule has 0 radical (unpaired) electrons. The molecule has 2 aromatic heterocycles. The highest BCUT2D eigenvalue weighted by Gasteiger charge is 2.34. The second kappa shape index (κ2) is 10.1. The van der Waals surface area contributed by atoms with Crippen molar-refractivity contribution in [2.45, 2.75) is 66.6 Å². The molecule has 0 saturated carbocycles. The lowest BCUT2D eigenvalue weighted by molar-refractivity contribution is -0.137. The monoisotopic (exact) mass is 491 g/mol. The topological polar surface area (TPSA) is 70.2 Å². The number of carbonyl (C=O) groups excluding carboxylic acids is 1. The Morgan fingerprint density at radius 2 is 1.89 bits per heavy atom. The second-order valence-corrected chi connectivity index (χ2v) is 10.8. The van der Waals surface area contributed by atoms with Crippen LogP contribution in [-0.2, 0) is 11.0 Å². The highest BCUT2D eigenvalue weighted by molar-refractivity contribution is 5.93. The van der Waals surface area contributed by atoms with Gasteiger partial charge in [0.05, 0.1) is 11.3 Å². The molecule has 2 unspecified atom stereocenters. The van der Waals surface area contributed by atoms with Crippen LogP contribution in [0.25, 0.3) is 11.3 Å². The Labute approximate surface area is 205 Å². The molecule has 1 saturated heterocycles. The average Bonchev–Trinajstić information content (AvgIpc) is 2.77. The number of piperazine rings is 1. The van der Waals surface area contributed by atoms with Gasteiger partial charge in [-0.15, -0.1) is 0 Å². The number of amides is 1. The van der Waals surface area contributed by atoms with Crippen LogP contribution in [0.5, 0.6) is 0 Å². The van der Waals surface area contributed by atoms with Crippen LogP contribution in [0, 0.1) is 11.3 Å². The number of nitrogens with one attached hydrogen (secondary N) is 2. The Morgan fingerprint density at radius 1 is 1.20 bits per heavy atom. The van der Waals surface area contributed by atoms with Gasteiger partial charge in [-0.2, -0.15) is 13.2 Å². The van der Waals surface area contributed by atoms with E-state index in [1.165, 1.54) is 6.20 Å². The van der Waals surface area contributed by atoms with Gasteiger partial charge in [0.15, 0.2) is 0 Å². The van der Waals surface area contributed by atoms with Crippen molar-refractivity contribution in [2.24, 2.45) is 11.3 Å². The van der Waals surface area contributed by atoms with E-state index in [2.05, 4.69) is 36.4 Å². The molecule has 0 aliphatic carbocycles. The summed E-state index contributed by atoms with van der Waals surface area (Å²) in [6.45, 7) is 15.5. The van der Waals surface area contributed by atoms with Gasteiger partial charge < -0.3 is 15.5 Å². The van der Waals surface area contributed by atoms with Crippen LogP contribution in [0.1, 0.15) is 65.5 Å². The van der Waals surface area contributed by atoms with E-state index in [0.717, 1.165) is 12.1 Å². The van der Waals surface area contributed by atoms with Gasteiger partial charge in [-0.25, -0.2) is 9.97 Å². The van der Waals surface area contributed by atoms with Crippen LogP contribution in [0.2, 0.25) is 0 Å². The number of alkyl halides is 3. The minimum Gasteiger partial charge on any atom is -0.354 e. The Morgan fingerprint density at radius 3 is 2.46 bits per heavy atom. The third-order valence-corrected chi connectivity index (χ3v) is 6.60. The number of hydrogen-bond donors (Lipinski definition) is 2. The number of carbonyl (C=O) groups is 1. The van der Waals surface area contributed by atoms with Crippen molar-refractivity contribution >= 4 is 17.5 Å². The van der Waals surface area contributed by atoms with E-state index >= 15 is 0 Å². The molecule has 35 heavy (non-hydrogen) atoms. The smallest absolute Gasteiger partial charge is 0.354 e. The van der Waals surface area contributed by atoms with Crippen LogP contribution in [0.15, 0.2) is 24.4 Å². The largest absolute Gasteiger partial charge is 0.416 e. The molecule has 1 aliphatic rings. The molecular weight excluding hydrogens is 455 g/mol. The Balaban J connectivity index is 2.24. The average molecular weight is 492 g/mol. The summed E-state index contributed by atoms with van der Waals surface area (Å²) in [6.07, 6.45) is -3.01. The predicted molar refractivity (Wildman–Crippen MR) is 133 cm³/mol. The molecular formula is C26H36F3N5O. The highest BCUT2D eigenvalue weighted by atomic mass is 19.4. The standard InChI is InChI=1S/C26H36F3N5O/c1-15(2)24(35)33-23-22(17(4)25(5,6)7)19(8-9-31-23)20-12-18(26(27,28)29)13-21(32-20)34-11-10-30-16(3)14-34/h8-9,12-13,15-17,30H,10-11,14H2,1-7H3,(H,31,33,35). The second-order valence-electron chi connectivity index (χ2n) is 10.8. The van der Waals surface area contributed by atoms with Crippen molar-refractivity contribution in [3.63, 3.8) is 0 Å². The van der Waals surface area contributed by atoms with E-state index in [-0.39, 0.29) is 34.9 Å². The van der Waals surface area contributed by atoms with Crippen LogP contribution >= 0.6 is 0 Å². The van der Waals surface area contributed by atoms with Crippen molar-refractivity contribution < 1.29 is 18.0 Å². The van der Waals surface area contributed by atoms with Crippen molar-refractivity contribution in [1.82, 2.24) is 15.3 Å². The zero-order chi connectivity index (χ0) is 26.1. The Kier molecular flexibility index (Phi) is 7.79. The van der Waals surface area contributed by atoms with E-state index in [4.69, 9.17) is 4.98 Å². The molecule has 3 heterocycles. The summed E-state index contributed by atoms with van der Waals surface area (Å²) >= 11 is 0. The summed E-state index contributed by atoms with van der Waals surface area (Å²) in [6, 6.07) is 4.04. The van der Waals surface area contributed by atoms with Crippen molar-refractivity contribution in [3.05, 3.63) is 35.5 Å². The third-order valence-electron chi connectivity index (χ3n) is 6.60. The maximum absolute atomic E-state index is 14.0. The summed E-state index contributed by atoms with van der Waals surface area (Å²) in [5.41, 5.74) is 0.447. The molecule has 2 aromatic rings. The first-order valence-corrected chi connectivity index (χ1v) is 12.1. The molecule has 0 spiro atoms. The highest BCUT2D eigenvalue weighted by Crippen LogP contribution is 2.43. The molecule has 9 heteroatoms. The first-order valence-electron chi connectivity index (χ1n) is 12.1. The van der Waals surface area contributed by atoms with Gasteiger partial charge in [-0.1, -0.05) is 41.5 Å². The van der Waals surface area contributed by atoms with Crippen molar-refractivity contribution in [2.75, 3.05) is 29.9 Å². The molecule has 6 nitrogen and oxygen atoms in total. The molecule has 1 fully saturated rings. The molecule has 192 valence electrons. The van der Waals surface area contributed by atoms with Gasteiger partial charge >= 0.3 is 6.18 Å². The van der Waals surface area contributed by atoms with Crippen LogP contribution < -0.4 is 15.5 Å². The number of halogens is 3. The number of pyridine rings is 2. The van der Waals surface area contributed by atoms with E-state index in [0.29, 0.717) is 42.4 Å². The minimum absolute atomic E-state index is 0.132. The molecule has 2 atom stereocenters. The summed E-state index contributed by atoms with van der Waals surface area (Å²) in [5.74, 6) is 0.0469. The maximum Gasteiger partial charge on any atom is 0.416 e. The lowest BCUT2D eigenvalue weighted by atomic mass is 9.76. The van der Waals surface area contributed by atoms with Gasteiger partial charge in [-0.05, 0) is 36.5 Å². The van der Waals surface area contributed by atoms with Gasteiger partial charge in [0.2, 0.25) is 5.91 Å². The molecule has 0 aromatic carbocycles. The van der Waals surface area contributed by atoms with Gasteiger partial charge in [0, 0.05) is 48.9 Å². The Bertz CT molecular complexity index is 1060. The molecule has 1 aliphatic heterocycles. The number of anilines is 2. The fourth-order valence-electron chi connectivity index (χ4n) is 4.05. The summed E-state index contributed by atoms with van der Waals surface area (Å²) < 4.78 is 41.9. The normalized spacial score (nSPS) is 18.0. The fraction of sp³-hybridized carbons (Fsp3) is 0.577. The number of rotatable bonds is 5. The number of aromatic nitrogens is 2. The van der Waals surface area contributed by atoms with Crippen LogP contribution in [0.3, 0.4) is 0 Å². The lowest BCUT2D eigenvalue weighted by Crippen LogP contribution is -2.49. The molecule has 0 bridgehead atoms. The van der Waals surface area contributed by atoms with E-state index in [1.54, 1.807) is 19.9 Å². The third kappa shape index (κ3) is 6.31. The Hall–Kier alpha value is -2.68. The minimum atomic E-state index is -4.52. The van der Waals surface area contributed by atoms with E-state index in [1.807, 2.05) is 18.7 Å². The quantitative estimate of drug-likeness (QED) is 0.561. The zero-order valence-corrected chi connectivity index (χ0v) is 21.5. The number of hydrogen-bond acceptors (Lipinski definition) is 5. The fourth-order valence-corrected chi connectivity index (χ4v) is 4.05. The summed E-state index contributed by atoms with van der Waals surface area (Å²) in [7, 11) is 0. The van der Waals surface area contributed by atoms with Gasteiger partial charge in [0.25, 0.3) is 0 Å². The van der Waals surface area contributed by atoms with Crippen molar-refractivity contribution in [3.8, 4) is 11.3 Å². The first-order chi connectivity index (χ1) is 16.2. The number of nitrogens with zero attached hydrogens (tertiary/aromatic N) is 3. The first kappa shape index (κ1) is 26.9. The zero-order valence-electron chi connectivity index (χ0n) is 21.5. The van der Waals surface area contributed by atoms with E-state index in [9.17, 15) is 18.0 Å². The molecule has 1 amide bonds. The summed E-state index contributed by atoms with van der Waals surface area (Å²) in [4.78, 5) is 23.5. The SMILES string of the molecule is CC1CN(c2cc(C(F)(F)F)cc(-c3ccnc(NC(=O)C(C)C)c3C(C)C(C)(C)C)n2)CCN1.